The lowest BCUT2D eigenvalue weighted by molar-refractivity contribution is -0.136. The molecule has 1 amide bonds. The van der Waals surface area contributed by atoms with Crippen molar-refractivity contribution in [3.63, 3.8) is 0 Å². The Morgan fingerprint density at radius 2 is 1.62 bits per heavy atom. The molecule has 0 radical (unpaired) electrons. The number of benzene rings is 2. The van der Waals surface area contributed by atoms with Gasteiger partial charge in [-0.15, -0.1) is 0 Å². The molecular weight excluding hydrogens is 414 g/mol. The highest BCUT2D eigenvalue weighted by Crippen LogP contribution is 2.19. The van der Waals surface area contributed by atoms with Crippen LogP contribution in [0.1, 0.15) is 32.8 Å². The second-order valence-corrected chi connectivity index (χ2v) is 8.89. The van der Waals surface area contributed by atoms with Crippen LogP contribution in [0, 0.1) is 0 Å². The molecule has 0 aromatic heterocycles. The Hall–Kier alpha value is -2.25. The maximum Gasteiger partial charge on any atom is 0.308 e. The van der Waals surface area contributed by atoms with E-state index in [4.69, 9.17) is 20.5 Å². The SMILES string of the molecule is CCC(C)N(Cc1ccc(OS(=O)(=O)CC)cc1)C(=O)COc1ccc(Cl)cc1. The van der Waals surface area contributed by atoms with Gasteiger partial charge in [-0.1, -0.05) is 30.7 Å². The van der Waals surface area contributed by atoms with Crippen molar-refractivity contribution in [1.82, 2.24) is 4.90 Å². The Morgan fingerprint density at radius 1 is 1.03 bits per heavy atom. The Balaban J connectivity index is 2.04. The molecule has 0 heterocycles. The number of hydrogen-bond donors (Lipinski definition) is 0. The van der Waals surface area contributed by atoms with Crippen LogP contribution in [0.15, 0.2) is 48.5 Å². The van der Waals surface area contributed by atoms with Gasteiger partial charge in [-0.2, -0.15) is 8.42 Å². The lowest BCUT2D eigenvalue weighted by atomic mass is 10.1. The molecule has 0 aliphatic rings. The Kier molecular flexibility index (Phi) is 8.34. The van der Waals surface area contributed by atoms with Crippen LogP contribution in [0.4, 0.5) is 0 Å². The maximum atomic E-state index is 12.8. The molecule has 0 saturated heterocycles. The van der Waals surface area contributed by atoms with Gasteiger partial charge in [0.25, 0.3) is 5.91 Å². The van der Waals surface area contributed by atoms with Gasteiger partial charge in [-0.3, -0.25) is 4.79 Å². The van der Waals surface area contributed by atoms with Gasteiger partial charge in [0.2, 0.25) is 0 Å². The van der Waals surface area contributed by atoms with Crippen LogP contribution in [0.3, 0.4) is 0 Å². The lowest BCUT2D eigenvalue weighted by Crippen LogP contribution is -2.40. The zero-order chi connectivity index (χ0) is 21.4. The molecule has 2 aromatic rings. The number of ether oxygens (including phenoxy) is 1. The van der Waals surface area contributed by atoms with Crippen molar-refractivity contribution >= 4 is 27.6 Å². The molecule has 0 saturated carbocycles. The smallest absolute Gasteiger partial charge is 0.308 e. The minimum atomic E-state index is -3.57. The fourth-order valence-electron chi connectivity index (χ4n) is 2.52. The highest BCUT2D eigenvalue weighted by Gasteiger charge is 2.20. The second-order valence-electron chi connectivity index (χ2n) is 6.60. The number of amides is 1. The quantitative estimate of drug-likeness (QED) is 0.517. The van der Waals surface area contributed by atoms with Crippen LogP contribution in [-0.4, -0.2) is 37.6 Å². The number of nitrogens with zero attached hydrogens (tertiary/aromatic N) is 1. The van der Waals surface area contributed by atoms with Crippen molar-refractivity contribution in [2.75, 3.05) is 12.4 Å². The van der Waals surface area contributed by atoms with Gasteiger partial charge in [0.05, 0.1) is 5.75 Å². The molecule has 2 rings (SSSR count). The fraction of sp³-hybridized carbons (Fsp3) is 0.381. The van der Waals surface area contributed by atoms with Gasteiger partial charge < -0.3 is 13.8 Å². The van der Waals surface area contributed by atoms with Crippen molar-refractivity contribution in [2.24, 2.45) is 0 Å². The molecule has 8 heteroatoms. The van der Waals surface area contributed by atoms with Crippen LogP contribution in [-0.2, 0) is 21.5 Å². The van der Waals surface area contributed by atoms with Crippen LogP contribution in [0.5, 0.6) is 11.5 Å². The first kappa shape index (κ1) is 23.0. The van der Waals surface area contributed by atoms with Crippen LogP contribution < -0.4 is 8.92 Å². The third kappa shape index (κ3) is 7.25. The third-order valence-electron chi connectivity index (χ3n) is 4.47. The average molecular weight is 440 g/mol. The highest BCUT2D eigenvalue weighted by atomic mass is 35.5. The molecule has 0 N–H and O–H groups in total. The largest absolute Gasteiger partial charge is 0.484 e. The summed E-state index contributed by atoms with van der Waals surface area (Å²) in [5.41, 5.74) is 0.867. The summed E-state index contributed by atoms with van der Waals surface area (Å²) in [4.78, 5) is 14.5. The van der Waals surface area contributed by atoms with Crippen LogP contribution in [0.25, 0.3) is 0 Å². The normalized spacial score (nSPS) is 12.3. The Bertz CT molecular complexity index is 898. The Morgan fingerprint density at radius 3 is 2.17 bits per heavy atom. The summed E-state index contributed by atoms with van der Waals surface area (Å²) in [6.45, 7) is 5.81. The van der Waals surface area contributed by atoms with Crippen LogP contribution >= 0.6 is 11.6 Å². The van der Waals surface area contributed by atoms with Gasteiger partial charge in [-0.05, 0) is 62.2 Å². The standard InChI is InChI=1S/C21H26ClNO5S/c1-4-16(3)23(21(24)15-27-19-12-8-18(22)9-13-19)14-17-6-10-20(11-7-17)28-29(25,26)5-2/h6-13,16H,4-5,14-15H2,1-3H3. The van der Waals surface area contributed by atoms with Gasteiger partial charge in [0.1, 0.15) is 11.5 Å². The van der Waals surface area contributed by atoms with Crippen molar-refractivity contribution in [3.8, 4) is 11.5 Å². The van der Waals surface area contributed by atoms with E-state index in [0.29, 0.717) is 17.3 Å². The summed E-state index contributed by atoms with van der Waals surface area (Å²) < 4.78 is 33.7. The van der Waals surface area contributed by atoms with Gasteiger partial charge in [-0.25, -0.2) is 0 Å². The third-order valence-corrected chi connectivity index (χ3v) is 5.88. The van der Waals surface area contributed by atoms with Gasteiger partial charge >= 0.3 is 10.1 Å². The molecule has 29 heavy (non-hydrogen) atoms. The first-order valence-corrected chi connectivity index (χ1v) is 11.4. The molecule has 0 bridgehead atoms. The predicted octanol–water partition coefficient (Wildman–Crippen LogP) is 4.27. The van der Waals surface area contributed by atoms with E-state index >= 15 is 0 Å². The lowest BCUT2D eigenvalue weighted by Gasteiger charge is -2.29. The van der Waals surface area contributed by atoms with E-state index in [2.05, 4.69) is 0 Å². The molecule has 158 valence electrons. The number of rotatable bonds is 10. The molecule has 1 atom stereocenters. The number of halogens is 1. The van der Waals surface area contributed by atoms with E-state index in [1.54, 1.807) is 53.4 Å². The van der Waals surface area contributed by atoms with Crippen molar-refractivity contribution in [3.05, 3.63) is 59.1 Å². The zero-order valence-electron chi connectivity index (χ0n) is 16.8. The second kappa shape index (κ2) is 10.5. The number of carbonyl (C=O) groups is 1. The van der Waals surface area contributed by atoms with Crippen molar-refractivity contribution in [2.45, 2.75) is 39.8 Å². The van der Waals surface area contributed by atoms with Gasteiger partial charge in [0.15, 0.2) is 6.61 Å². The highest BCUT2D eigenvalue weighted by molar-refractivity contribution is 7.87. The topological polar surface area (TPSA) is 72.9 Å². The molecule has 0 spiro atoms. The van der Waals surface area contributed by atoms with Crippen LogP contribution in [0.2, 0.25) is 5.02 Å². The maximum absolute atomic E-state index is 12.8. The molecule has 6 nitrogen and oxygen atoms in total. The monoisotopic (exact) mass is 439 g/mol. The van der Waals surface area contributed by atoms with Gasteiger partial charge in [0, 0.05) is 17.6 Å². The first-order chi connectivity index (χ1) is 13.7. The minimum absolute atomic E-state index is 0.0210. The summed E-state index contributed by atoms with van der Waals surface area (Å²) in [6.07, 6.45) is 0.794. The first-order valence-electron chi connectivity index (χ1n) is 9.43. The minimum Gasteiger partial charge on any atom is -0.484 e. The zero-order valence-corrected chi connectivity index (χ0v) is 18.4. The van der Waals surface area contributed by atoms with Crippen molar-refractivity contribution in [1.29, 1.82) is 0 Å². The molecule has 1 unspecified atom stereocenters. The number of hydrogen-bond acceptors (Lipinski definition) is 5. The fourth-order valence-corrected chi connectivity index (χ4v) is 3.17. The molecule has 0 aliphatic carbocycles. The molecule has 2 aromatic carbocycles. The molecular formula is C21H26ClNO5S. The molecule has 0 fully saturated rings. The van der Waals surface area contributed by atoms with E-state index in [-0.39, 0.29) is 30.1 Å². The van der Waals surface area contributed by atoms with E-state index in [1.807, 2.05) is 13.8 Å². The summed E-state index contributed by atoms with van der Waals surface area (Å²) in [7, 11) is -3.57. The summed E-state index contributed by atoms with van der Waals surface area (Å²) in [6, 6.07) is 13.5. The summed E-state index contributed by atoms with van der Waals surface area (Å²) in [5, 5.41) is 0.601. The molecule has 0 aliphatic heterocycles. The Labute approximate surface area is 177 Å². The van der Waals surface area contributed by atoms with E-state index < -0.39 is 10.1 Å². The van der Waals surface area contributed by atoms with Crippen molar-refractivity contribution < 1.29 is 22.1 Å². The summed E-state index contributed by atoms with van der Waals surface area (Å²) in [5.74, 6) is 0.593. The summed E-state index contributed by atoms with van der Waals surface area (Å²) >= 11 is 5.86. The number of carbonyl (C=O) groups excluding carboxylic acids is 1. The van der Waals surface area contributed by atoms with E-state index in [1.165, 1.54) is 6.92 Å². The predicted molar refractivity (Wildman–Crippen MR) is 114 cm³/mol. The van der Waals surface area contributed by atoms with E-state index in [9.17, 15) is 13.2 Å². The van der Waals surface area contributed by atoms with E-state index in [0.717, 1.165) is 12.0 Å². The average Bonchev–Trinajstić information content (AvgIpc) is 2.71.